The lowest BCUT2D eigenvalue weighted by atomic mass is 10.1. The molecule has 0 heterocycles. The van der Waals surface area contributed by atoms with Crippen molar-refractivity contribution in [1.82, 2.24) is 0 Å². The van der Waals surface area contributed by atoms with E-state index in [4.69, 9.17) is 27.9 Å². The SMILES string of the molecule is CCOC(=O)c1cccc(NC(=O)c2c(O)c(Cl)cc(Cl)c2O)c1. The van der Waals surface area contributed by atoms with Gasteiger partial charge >= 0.3 is 5.97 Å². The molecule has 1 amide bonds. The molecular formula is C16H13Cl2NO5. The van der Waals surface area contributed by atoms with Crippen LogP contribution in [0.1, 0.15) is 27.6 Å². The van der Waals surface area contributed by atoms with Crippen molar-refractivity contribution in [2.24, 2.45) is 0 Å². The van der Waals surface area contributed by atoms with Crippen LogP contribution in [-0.2, 0) is 4.74 Å². The van der Waals surface area contributed by atoms with E-state index in [9.17, 15) is 19.8 Å². The average molecular weight is 370 g/mol. The number of aromatic hydroxyl groups is 2. The fourth-order valence-electron chi connectivity index (χ4n) is 1.95. The number of phenols is 2. The number of rotatable bonds is 4. The maximum Gasteiger partial charge on any atom is 0.338 e. The molecule has 0 fully saturated rings. The molecule has 3 N–H and O–H groups in total. The van der Waals surface area contributed by atoms with Crippen LogP contribution in [0.3, 0.4) is 0 Å². The third-order valence-corrected chi connectivity index (χ3v) is 3.61. The quantitative estimate of drug-likeness (QED) is 0.711. The number of hydrogen-bond donors (Lipinski definition) is 3. The Morgan fingerprint density at radius 3 is 2.33 bits per heavy atom. The predicted molar refractivity (Wildman–Crippen MR) is 90.1 cm³/mol. The second-order valence-corrected chi connectivity index (χ2v) is 5.48. The first-order valence-electron chi connectivity index (χ1n) is 6.83. The Kier molecular flexibility index (Phi) is 5.54. The molecule has 6 nitrogen and oxygen atoms in total. The van der Waals surface area contributed by atoms with Crippen LogP contribution in [0.15, 0.2) is 30.3 Å². The Bertz CT molecular complexity index is 781. The summed E-state index contributed by atoms with van der Waals surface area (Å²) in [5, 5.41) is 21.8. The molecule has 8 heteroatoms. The second-order valence-electron chi connectivity index (χ2n) is 4.67. The van der Waals surface area contributed by atoms with E-state index in [0.717, 1.165) is 6.07 Å². The number of esters is 1. The molecule has 2 aromatic rings. The lowest BCUT2D eigenvalue weighted by Crippen LogP contribution is -2.13. The van der Waals surface area contributed by atoms with Gasteiger partial charge in [-0.15, -0.1) is 0 Å². The fourth-order valence-corrected chi connectivity index (χ4v) is 2.41. The van der Waals surface area contributed by atoms with Gasteiger partial charge in [0.2, 0.25) is 0 Å². The molecule has 0 atom stereocenters. The van der Waals surface area contributed by atoms with E-state index in [0.29, 0.717) is 0 Å². The van der Waals surface area contributed by atoms with E-state index < -0.39 is 28.9 Å². The molecule has 2 aromatic carbocycles. The van der Waals surface area contributed by atoms with Crippen LogP contribution in [-0.4, -0.2) is 28.7 Å². The van der Waals surface area contributed by atoms with E-state index in [2.05, 4.69) is 5.32 Å². The van der Waals surface area contributed by atoms with Crippen molar-refractivity contribution in [3.63, 3.8) is 0 Å². The Balaban J connectivity index is 2.31. The first-order valence-corrected chi connectivity index (χ1v) is 7.59. The van der Waals surface area contributed by atoms with Gasteiger partial charge in [-0.2, -0.15) is 0 Å². The van der Waals surface area contributed by atoms with Gasteiger partial charge in [0.1, 0.15) is 5.56 Å². The summed E-state index contributed by atoms with van der Waals surface area (Å²) in [5.41, 5.74) is 0.0432. The third-order valence-electron chi connectivity index (χ3n) is 3.04. The van der Waals surface area contributed by atoms with E-state index in [1.165, 1.54) is 18.2 Å². The minimum atomic E-state index is -0.838. The molecule has 0 spiro atoms. The van der Waals surface area contributed by atoms with Crippen molar-refractivity contribution in [3.05, 3.63) is 51.5 Å². The Hall–Kier alpha value is -2.44. The number of halogens is 2. The molecule has 2 rings (SSSR count). The minimum Gasteiger partial charge on any atom is -0.505 e. The number of amides is 1. The van der Waals surface area contributed by atoms with Crippen molar-refractivity contribution in [3.8, 4) is 11.5 Å². The number of carbonyl (C=O) groups excluding carboxylic acids is 2. The summed E-state index contributed by atoms with van der Waals surface area (Å²) in [4.78, 5) is 24.0. The molecule has 0 saturated heterocycles. The normalized spacial score (nSPS) is 10.3. The number of anilines is 1. The minimum absolute atomic E-state index is 0.178. The average Bonchev–Trinajstić information content (AvgIpc) is 2.54. The highest BCUT2D eigenvalue weighted by Gasteiger charge is 2.22. The maximum absolute atomic E-state index is 12.3. The topological polar surface area (TPSA) is 95.9 Å². The van der Waals surface area contributed by atoms with E-state index in [-0.39, 0.29) is 27.9 Å². The van der Waals surface area contributed by atoms with Crippen molar-refractivity contribution in [2.75, 3.05) is 11.9 Å². The van der Waals surface area contributed by atoms with Crippen molar-refractivity contribution in [1.29, 1.82) is 0 Å². The van der Waals surface area contributed by atoms with Crippen molar-refractivity contribution >= 4 is 40.8 Å². The summed E-state index contributed by atoms with van der Waals surface area (Å²) in [6, 6.07) is 7.12. The first kappa shape index (κ1) is 17.9. The van der Waals surface area contributed by atoms with Gasteiger partial charge in [-0.05, 0) is 31.2 Å². The molecule has 0 aromatic heterocycles. The van der Waals surface area contributed by atoms with Gasteiger partial charge in [0.05, 0.1) is 22.2 Å². The second kappa shape index (κ2) is 7.42. The fraction of sp³-hybridized carbons (Fsp3) is 0.125. The number of ether oxygens (including phenoxy) is 1. The summed E-state index contributed by atoms with van der Waals surface area (Å²) in [7, 11) is 0. The Morgan fingerprint density at radius 2 is 1.75 bits per heavy atom. The number of phenolic OH excluding ortho intramolecular Hbond substituents is 2. The molecular weight excluding hydrogens is 357 g/mol. The van der Waals surface area contributed by atoms with Gasteiger partial charge < -0.3 is 20.3 Å². The van der Waals surface area contributed by atoms with Gasteiger partial charge in [0, 0.05) is 5.69 Å². The molecule has 24 heavy (non-hydrogen) atoms. The van der Waals surface area contributed by atoms with Gasteiger partial charge in [-0.25, -0.2) is 4.79 Å². The zero-order valence-electron chi connectivity index (χ0n) is 12.5. The monoisotopic (exact) mass is 369 g/mol. The van der Waals surface area contributed by atoms with Gasteiger partial charge in [0.15, 0.2) is 11.5 Å². The molecule has 0 aliphatic heterocycles. The lowest BCUT2D eigenvalue weighted by Gasteiger charge is -2.11. The summed E-state index contributed by atoms with van der Waals surface area (Å²) in [5.74, 6) is -2.57. The molecule has 0 unspecified atom stereocenters. The highest BCUT2D eigenvalue weighted by atomic mass is 35.5. The van der Waals surface area contributed by atoms with Crippen LogP contribution < -0.4 is 5.32 Å². The summed E-state index contributed by atoms with van der Waals surface area (Å²) in [6.07, 6.45) is 0. The van der Waals surface area contributed by atoms with Gasteiger partial charge in [0.25, 0.3) is 5.91 Å². The van der Waals surface area contributed by atoms with Crippen LogP contribution in [0.4, 0.5) is 5.69 Å². The highest BCUT2D eigenvalue weighted by molar-refractivity contribution is 6.37. The standard InChI is InChI=1S/C16H13Cl2NO5/c1-2-24-16(23)8-4-3-5-9(6-8)19-15(22)12-13(20)10(17)7-11(18)14(12)21/h3-7,20-21H,2H2,1H3,(H,19,22). The summed E-state index contributed by atoms with van der Waals surface area (Å²) in [6.45, 7) is 1.90. The van der Waals surface area contributed by atoms with E-state index in [1.807, 2.05) is 0 Å². The van der Waals surface area contributed by atoms with E-state index >= 15 is 0 Å². The Morgan fingerprint density at radius 1 is 1.12 bits per heavy atom. The Labute approximate surface area is 147 Å². The van der Waals surface area contributed by atoms with Crippen molar-refractivity contribution in [2.45, 2.75) is 6.92 Å². The lowest BCUT2D eigenvalue weighted by molar-refractivity contribution is 0.0526. The number of carbonyl (C=O) groups is 2. The molecule has 126 valence electrons. The maximum atomic E-state index is 12.3. The predicted octanol–water partition coefficient (Wildman–Crippen LogP) is 3.83. The zero-order valence-corrected chi connectivity index (χ0v) is 14.0. The number of benzene rings is 2. The molecule has 0 saturated carbocycles. The largest absolute Gasteiger partial charge is 0.505 e. The van der Waals surface area contributed by atoms with Crippen molar-refractivity contribution < 1.29 is 24.5 Å². The molecule has 0 aliphatic rings. The zero-order chi connectivity index (χ0) is 17.9. The van der Waals surface area contributed by atoms with Crippen LogP contribution >= 0.6 is 23.2 Å². The number of nitrogens with one attached hydrogen (secondary N) is 1. The third kappa shape index (κ3) is 3.72. The first-order chi connectivity index (χ1) is 11.3. The molecule has 0 radical (unpaired) electrons. The highest BCUT2D eigenvalue weighted by Crippen LogP contribution is 2.39. The van der Waals surface area contributed by atoms with Gasteiger partial charge in [-0.1, -0.05) is 29.3 Å². The van der Waals surface area contributed by atoms with Crippen LogP contribution in [0.2, 0.25) is 10.0 Å². The summed E-state index contributed by atoms with van der Waals surface area (Å²) >= 11 is 11.5. The smallest absolute Gasteiger partial charge is 0.338 e. The van der Waals surface area contributed by atoms with E-state index in [1.54, 1.807) is 13.0 Å². The van der Waals surface area contributed by atoms with Gasteiger partial charge in [-0.3, -0.25) is 4.79 Å². The molecule has 0 aliphatic carbocycles. The van der Waals surface area contributed by atoms with Crippen LogP contribution in [0.5, 0.6) is 11.5 Å². The molecule has 0 bridgehead atoms. The number of hydrogen-bond acceptors (Lipinski definition) is 5. The van der Waals surface area contributed by atoms with Crippen LogP contribution in [0, 0.1) is 0 Å². The van der Waals surface area contributed by atoms with Crippen LogP contribution in [0.25, 0.3) is 0 Å². The summed E-state index contributed by atoms with van der Waals surface area (Å²) < 4.78 is 4.88.